The van der Waals surface area contributed by atoms with Crippen LogP contribution in [0.2, 0.25) is 0 Å². The first-order chi connectivity index (χ1) is 5.72. The van der Waals surface area contributed by atoms with Gasteiger partial charge in [0.2, 0.25) is 0 Å². The Morgan fingerprint density at radius 1 is 1.25 bits per heavy atom. The molecule has 0 radical (unpaired) electrons. The van der Waals surface area contributed by atoms with Crippen molar-refractivity contribution in [2.24, 2.45) is 0 Å². The van der Waals surface area contributed by atoms with Crippen LogP contribution in [0.3, 0.4) is 0 Å². The van der Waals surface area contributed by atoms with Crippen LogP contribution in [0.4, 0.5) is 0 Å². The molecule has 0 aromatic rings. The fourth-order valence-electron chi connectivity index (χ4n) is 3.36. The van der Waals surface area contributed by atoms with Crippen molar-refractivity contribution in [1.82, 2.24) is 4.90 Å². The third-order valence-electron chi connectivity index (χ3n) is 3.89. The maximum atomic E-state index is 10.4. The highest BCUT2D eigenvalue weighted by Gasteiger charge is 2.59. The molecule has 1 N–H and O–H groups in total. The Balaban J connectivity index is 2.01. The molecule has 0 aromatic carbocycles. The third-order valence-corrected chi connectivity index (χ3v) is 5.00. The molecule has 0 spiro atoms. The highest BCUT2D eigenvalue weighted by molar-refractivity contribution is 9.09. The fraction of sp³-hybridized carbons (Fsp3) is 1.00. The van der Waals surface area contributed by atoms with E-state index in [0.29, 0.717) is 16.9 Å². The van der Waals surface area contributed by atoms with E-state index in [1.807, 2.05) is 0 Å². The first-order valence-corrected chi connectivity index (χ1v) is 5.78. The predicted molar refractivity (Wildman–Crippen MR) is 50.2 cm³/mol. The maximum absolute atomic E-state index is 10.4. The maximum Gasteiger partial charge on any atom is 0.131 e. The number of hydrogen-bond donors (Lipinski definition) is 1. The van der Waals surface area contributed by atoms with Crippen LogP contribution in [-0.2, 0) is 0 Å². The van der Waals surface area contributed by atoms with Crippen LogP contribution in [0.5, 0.6) is 0 Å². The summed E-state index contributed by atoms with van der Waals surface area (Å²) in [7, 11) is 0. The summed E-state index contributed by atoms with van der Waals surface area (Å²) >= 11 is 3.61. The van der Waals surface area contributed by atoms with Crippen molar-refractivity contribution in [3.8, 4) is 0 Å². The number of alkyl halides is 1. The van der Waals surface area contributed by atoms with Crippen LogP contribution < -0.4 is 0 Å². The minimum absolute atomic E-state index is 0.320. The van der Waals surface area contributed by atoms with Gasteiger partial charge in [-0.25, -0.2) is 0 Å². The van der Waals surface area contributed by atoms with Crippen LogP contribution in [0, 0.1) is 0 Å². The normalized spacial score (nSPS) is 58.0. The molecule has 0 aromatic heterocycles. The molecule has 3 heterocycles. The van der Waals surface area contributed by atoms with Crippen molar-refractivity contribution < 1.29 is 5.11 Å². The Morgan fingerprint density at radius 2 is 2.00 bits per heavy atom. The van der Waals surface area contributed by atoms with Crippen LogP contribution >= 0.6 is 15.9 Å². The van der Waals surface area contributed by atoms with Gasteiger partial charge in [0.1, 0.15) is 5.72 Å². The quantitative estimate of drug-likeness (QED) is 0.639. The van der Waals surface area contributed by atoms with Crippen molar-refractivity contribution >= 4 is 15.9 Å². The first kappa shape index (κ1) is 7.77. The Morgan fingerprint density at radius 3 is 2.83 bits per heavy atom. The zero-order valence-corrected chi connectivity index (χ0v) is 8.63. The van der Waals surface area contributed by atoms with Gasteiger partial charge in [-0.05, 0) is 32.1 Å². The van der Waals surface area contributed by atoms with E-state index in [9.17, 15) is 5.11 Å². The van der Waals surface area contributed by atoms with Gasteiger partial charge in [0.15, 0.2) is 0 Å². The minimum atomic E-state index is -0.480. The van der Waals surface area contributed by atoms with Crippen LogP contribution in [0.25, 0.3) is 0 Å². The summed E-state index contributed by atoms with van der Waals surface area (Å²) in [6.07, 6.45) is 5.94. The van der Waals surface area contributed by atoms with Crippen LogP contribution in [0.15, 0.2) is 0 Å². The lowest BCUT2D eigenvalue weighted by Gasteiger charge is -2.30. The monoisotopic (exact) mass is 231 g/mol. The third kappa shape index (κ3) is 0.733. The van der Waals surface area contributed by atoms with E-state index in [2.05, 4.69) is 20.8 Å². The molecular weight excluding hydrogens is 218 g/mol. The highest BCUT2D eigenvalue weighted by Crippen LogP contribution is 2.52. The molecule has 0 saturated carbocycles. The summed E-state index contributed by atoms with van der Waals surface area (Å²) in [6, 6.07) is 1.37. The van der Waals surface area contributed by atoms with Crippen molar-refractivity contribution in [1.29, 1.82) is 0 Å². The molecule has 68 valence electrons. The number of nitrogens with zero attached hydrogens (tertiary/aromatic N) is 1. The average Bonchev–Trinajstić information content (AvgIpc) is 2.60. The molecule has 3 rings (SSSR count). The minimum Gasteiger partial charge on any atom is -0.374 e. The topological polar surface area (TPSA) is 23.5 Å². The largest absolute Gasteiger partial charge is 0.374 e. The average molecular weight is 232 g/mol. The molecule has 3 saturated heterocycles. The molecule has 4 unspecified atom stereocenters. The molecule has 0 bridgehead atoms. The van der Waals surface area contributed by atoms with Crippen LogP contribution in [-0.4, -0.2) is 32.6 Å². The van der Waals surface area contributed by atoms with Gasteiger partial charge >= 0.3 is 0 Å². The molecular formula is C9H14BrNO. The summed E-state index contributed by atoms with van der Waals surface area (Å²) < 4.78 is 0. The predicted octanol–water partition coefficient (Wildman–Crippen LogP) is 1.47. The molecule has 4 atom stereocenters. The summed E-state index contributed by atoms with van der Waals surface area (Å²) in [6.45, 7) is 0. The number of aliphatic hydroxyl groups is 1. The lowest BCUT2D eigenvalue weighted by atomic mass is 10.1. The van der Waals surface area contributed by atoms with E-state index >= 15 is 0 Å². The summed E-state index contributed by atoms with van der Waals surface area (Å²) in [4.78, 5) is 2.70. The fourth-order valence-corrected chi connectivity index (χ4v) is 4.26. The van der Waals surface area contributed by atoms with E-state index < -0.39 is 5.72 Å². The Kier molecular flexibility index (Phi) is 1.46. The summed E-state index contributed by atoms with van der Waals surface area (Å²) in [5.41, 5.74) is -0.480. The lowest BCUT2D eigenvalue weighted by molar-refractivity contribution is -0.0619. The van der Waals surface area contributed by atoms with E-state index in [1.54, 1.807) is 0 Å². The van der Waals surface area contributed by atoms with Crippen molar-refractivity contribution in [3.63, 3.8) is 0 Å². The smallest absolute Gasteiger partial charge is 0.131 e. The highest BCUT2D eigenvalue weighted by atomic mass is 79.9. The Labute approximate surface area is 81.1 Å². The van der Waals surface area contributed by atoms with E-state index in [-0.39, 0.29) is 0 Å². The van der Waals surface area contributed by atoms with Gasteiger partial charge in [0, 0.05) is 12.1 Å². The van der Waals surface area contributed by atoms with Gasteiger partial charge in [-0.15, -0.1) is 0 Å². The van der Waals surface area contributed by atoms with Gasteiger partial charge < -0.3 is 5.11 Å². The Bertz CT molecular complexity index is 223. The molecule has 12 heavy (non-hydrogen) atoms. The number of rotatable bonds is 0. The second kappa shape index (κ2) is 2.25. The van der Waals surface area contributed by atoms with Crippen molar-refractivity contribution in [2.75, 3.05) is 0 Å². The van der Waals surface area contributed by atoms with Crippen molar-refractivity contribution in [3.05, 3.63) is 0 Å². The summed E-state index contributed by atoms with van der Waals surface area (Å²) in [5.74, 6) is 0. The zero-order valence-electron chi connectivity index (χ0n) is 7.04. The summed E-state index contributed by atoms with van der Waals surface area (Å²) in [5, 5.41) is 10.4. The van der Waals surface area contributed by atoms with Gasteiger partial charge in [-0.1, -0.05) is 15.9 Å². The number of halogens is 1. The molecule has 0 amide bonds. The molecule has 3 aliphatic rings. The van der Waals surface area contributed by atoms with Gasteiger partial charge in [-0.2, -0.15) is 0 Å². The van der Waals surface area contributed by atoms with E-state index in [1.165, 1.54) is 19.3 Å². The van der Waals surface area contributed by atoms with E-state index in [4.69, 9.17) is 0 Å². The Hall–Kier alpha value is 0.400. The second-order valence-corrected chi connectivity index (χ2v) is 5.52. The molecule has 0 aliphatic carbocycles. The molecule has 2 nitrogen and oxygen atoms in total. The van der Waals surface area contributed by atoms with E-state index in [0.717, 1.165) is 12.8 Å². The number of hydrogen-bond acceptors (Lipinski definition) is 2. The van der Waals surface area contributed by atoms with Gasteiger partial charge in [-0.3, -0.25) is 4.90 Å². The first-order valence-electron chi connectivity index (χ1n) is 4.87. The lowest BCUT2D eigenvalue weighted by Crippen LogP contribution is -2.46. The standard InChI is InChI=1S/C9H14BrNO/c10-8-5-7-2-1-6-3-4-9(8,12)11(6)7/h6-8,12H,1-5H2. The molecule has 3 heteroatoms. The molecule has 3 aliphatic heterocycles. The second-order valence-electron chi connectivity index (χ2n) is 4.41. The van der Waals surface area contributed by atoms with Crippen molar-refractivity contribution in [2.45, 2.75) is 54.7 Å². The van der Waals surface area contributed by atoms with Crippen LogP contribution in [0.1, 0.15) is 32.1 Å². The molecule has 3 fully saturated rings. The SMILES string of the molecule is OC12CCC3CCC(CC1Br)N32. The zero-order chi connectivity index (χ0) is 8.34. The van der Waals surface area contributed by atoms with Gasteiger partial charge in [0.25, 0.3) is 0 Å². The van der Waals surface area contributed by atoms with Gasteiger partial charge in [0.05, 0.1) is 4.83 Å².